The molecule has 1 aliphatic heterocycles. The summed E-state index contributed by atoms with van der Waals surface area (Å²) in [5.74, 6) is 0. The van der Waals surface area contributed by atoms with Gasteiger partial charge in [0.25, 0.3) is 0 Å². The monoisotopic (exact) mass is 128 g/mol. The molecule has 1 rings (SSSR count). The Morgan fingerprint density at radius 3 is 2.89 bits per heavy atom. The van der Waals surface area contributed by atoms with Crippen LogP contribution in [0.1, 0.15) is 6.92 Å². The van der Waals surface area contributed by atoms with Gasteiger partial charge in [0.05, 0.1) is 6.04 Å². The number of amides is 1. The first-order valence-electron chi connectivity index (χ1n) is 3.29. The third kappa shape index (κ3) is 1.42. The van der Waals surface area contributed by atoms with Crippen LogP contribution in [0.5, 0.6) is 0 Å². The van der Waals surface area contributed by atoms with Gasteiger partial charge >= 0.3 is 0 Å². The van der Waals surface area contributed by atoms with Gasteiger partial charge in [-0.15, -0.1) is 0 Å². The highest BCUT2D eigenvalue weighted by Crippen LogP contribution is 2.04. The van der Waals surface area contributed by atoms with Crippen LogP contribution in [-0.4, -0.2) is 37.0 Å². The first-order chi connectivity index (χ1) is 4.36. The molecule has 3 nitrogen and oxygen atoms in total. The maximum absolute atomic E-state index is 9.87. The van der Waals surface area contributed by atoms with Gasteiger partial charge in [-0.25, -0.2) is 0 Å². The lowest BCUT2D eigenvalue weighted by Crippen LogP contribution is -2.57. The Morgan fingerprint density at radius 1 is 1.78 bits per heavy atom. The first-order valence-corrected chi connectivity index (χ1v) is 3.29. The summed E-state index contributed by atoms with van der Waals surface area (Å²) < 4.78 is 0. The zero-order valence-electron chi connectivity index (χ0n) is 5.63. The Balaban J connectivity index is 2.04. The molecule has 52 valence electrons. The summed E-state index contributed by atoms with van der Waals surface area (Å²) in [5, 5.41) is 2.72. The molecule has 0 unspecified atom stereocenters. The number of nitrogens with one attached hydrogen (secondary N) is 1. The van der Waals surface area contributed by atoms with E-state index in [1.54, 1.807) is 0 Å². The SMILES string of the molecule is CCN1CC(NC=O)C1. The van der Waals surface area contributed by atoms with Crippen LogP contribution >= 0.6 is 0 Å². The van der Waals surface area contributed by atoms with E-state index < -0.39 is 0 Å². The van der Waals surface area contributed by atoms with Crippen LogP contribution in [0.4, 0.5) is 0 Å². The maximum atomic E-state index is 9.87. The molecule has 1 heterocycles. The fourth-order valence-corrected chi connectivity index (χ4v) is 1.03. The van der Waals surface area contributed by atoms with Crippen LogP contribution in [0.15, 0.2) is 0 Å². The van der Waals surface area contributed by atoms with Crippen LogP contribution in [0, 0.1) is 0 Å². The van der Waals surface area contributed by atoms with Crippen molar-refractivity contribution in [2.75, 3.05) is 19.6 Å². The largest absolute Gasteiger partial charge is 0.353 e. The van der Waals surface area contributed by atoms with Gasteiger partial charge in [-0.2, -0.15) is 0 Å². The molecular weight excluding hydrogens is 116 g/mol. The van der Waals surface area contributed by atoms with Gasteiger partial charge in [0.1, 0.15) is 0 Å². The van der Waals surface area contributed by atoms with Crippen LogP contribution in [0.3, 0.4) is 0 Å². The minimum absolute atomic E-state index is 0.419. The van der Waals surface area contributed by atoms with E-state index in [1.165, 1.54) is 0 Å². The topological polar surface area (TPSA) is 32.3 Å². The van der Waals surface area contributed by atoms with Crippen molar-refractivity contribution >= 4 is 6.41 Å². The molecule has 1 N–H and O–H groups in total. The van der Waals surface area contributed by atoms with Crippen molar-refractivity contribution in [1.82, 2.24) is 10.2 Å². The predicted molar refractivity (Wildman–Crippen MR) is 35.1 cm³/mol. The third-order valence-corrected chi connectivity index (χ3v) is 1.71. The Labute approximate surface area is 55.0 Å². The van der Waals surface area contributed by atoms with Gasteiger partial charge in [0.15, 0.2) is 0 Å². The average molecular weight is 128 g/mol. The standard InChI is InChI=1S/C6H12N2O/c1-2-8-3-6(4-8)7-5-9/h5-6H,2-4H2,1H3,(H,7,9). The number of hydrogen-bond acceptors (Lipinski definition) is 2. The lowest BCUT2D eigenvalue weighted by Gasteiger charge is -2.37. The molecule has 0 aliphatic carbocycles. The molecule has 0 aromatic rings. The fourth-order valence-electron chi connectivity index (χ4n) is 1.03. The lowest BCUT2D eigenvalue weighted by atomic mass is 10.1. The van der Waals surface area contributed by atoms with Crippen molar-refractivity contribution in [2.45, 2.75) is 13.0 Å². The van der Waals surface area contributed by atoms with E-state index in [9.17, 15) is 4.79 Å². The van der Waals surface area contributed by atoms with E-state index in [4.69, 9.17) is 0 Å². The van der Waals surface area contributed by atoms with Crippen molar-refractivity contribution < 1.29 is 4.79 Å². The van der Waals surface area contributed by atoms with E-state index in [-0.39, 0.29) is 0 Å². The normalized spacial score (nSPS) is 21.0. The van der Waals surface area contributed by atoms with Crippen molar-refractivity contribution in [3.8, 4) is 0 Å². The molecule has 0 aromatic carbocycles. The van der Waals surface area contributed by atoms with Gasteiger partial charge < -0.3 is 5.32 Å². The number of likely N-dealkylation sites (tertiary alicyclic amines) is 1. The molecule has 0 saturated carbocycles. The smallest absolute Gasteiger partial charge is 0.207 e. The number of likely N-dealkylation sites (N-methyl/N-ethyl adjacent to an activating group) is 1. The van der Waals surface area contributed by atoms with Crippen LogP contribution in [-0.2, 0) is 4.79 Å². The minimum Gasteiger partial charge on any atom is -0.353 e. The highest BCUT2D eigenvalue weighted by molar-refractivity contribution is 5.47. The van der Waals surface area contributed by atoms with Crippen molar-refractivity contribution in [3.63, 3.8) is 0 Å². The minimum atomic E-state index is 0.419. The molecule has 9 heavy (non-hydrogen) atoms. The number of hydrogen-bond donors (Lipinski definition) is 1. The molecule has 1 aliphatic rings. The Kier molecular flexibility index (Phi) is 2.05. The highest BCUT2D eigenvalue weighted by Gasteiger charge is 2.23. The molecule has 0 radical (unpaired) electrons. The molecular formula is C6H12N2O. The van der Waals surface area contributed by atoms with Gasteiger partial charge in [-0.05, 0) is 6.54 Å². The summed E-state index contributed by atoms with van der Waals surface area (Å²) in [6, 6.07) is 0.419. The molecule has 3 heteroatoms. The Hall–Kier alpha value is -0.570. The summed E-state index contributed by atoms with van der Waals surface area (Å²) in [7, 11) is 0. The van der Waals surface area contributed by atoms with E-state index in [0.29, 0.717) is 6.04 Å². The molecule has 1 saturated heterocycles. The van der Waals surface area contributed by atoms with E-state index in [1.807, 2.05) is 0 Å². The van der Waals surface area contributed by atoms with Crippen LogP contribution in [0.2, 0.25) is 0 Å². The molecule has 1 amide bonds. The first kappa shape index (κ1) is 6.55. The molecule has 0 aromatic heterocycles. The lowest BCUT2D eigenvalue weighted by molar-refractivity contribution is -0.111. The fraction of sp³-hybridized carbons (Fsp3) is 0.833. The van der Waals surface area contributed by atoms with Crippen molar-refractivity contribution in [1.29, 1.82) is 0 Å². The summed E-state index contributed by atoms with van der Waals surface area (Å²) in [5.41, 5.74) is 0. The molecule has 0 spiro atoms. The second-order valence-corrected chi connectivity index (χ2v) is 2.33. The highest BCUT2D eigenvalue weighted by atomic mass is 16.1. The predicted octanol–water partition coefficient (Wildman–Crippen LogP) is -0.563. The molecule has 0 bridgehead atoms. The van der Waals surface area contributed by atoms with E-state index >= 15 is 0 Å². The van der Waals surface area contributed by atoms with Crippen molar-refractivity contribution in [3.05, 3.63) is 0 Å². The quantitative estimate of drug-likeness (QED) is 0.516. The zero-order chi connectivity index (χ0) is 6.69. The number of carbonyl (C=O) groups excluding carboxylic acids is 1. The van der Waals surface area contributed by atoms with Crippen molar-refractivity contribution in [2.24, 2.45) is 0 Å². The second kappa shape index (κ2) is 2.82. The van der Waals surface area contributed by atoms with Gasteiger partial charge in [0, 0.05) is 13.1 Å². The van der Waals surface area contributed by atoms with Gasteiger partial charge in [-0.1, -0.05) is 6.92 Å². The van der Waals surface area contributed by atoms with Gasteiger partial charge in [0.2, 0.25) is 6.41 Å². The summed E-state index contributed by atoms with van der Waals surface area (Å²) >= 11 is 0. The van der Waals surface area contributed by atoms with Crippen LogP contribution in [0.25, 0.3) is 0 Å². The van der Waals surface area contributed by atoms with E-state index in [0.717, 1.165) is 26.0 Å². The zero-order valence-corrected chi connectivity index (χ0v) is 5.63. The second-order valence-electron chi connectivity index (χ2n) is 2.33. The van der Waals surface area contributed by atoms with Crippen LogP contribution < -0.4 is 5.32 Å². The molecule has 0 atom stereocenters. The van der Waals surface area contributed by atoms with Gasteiger partial charge in [-0.3, -0.25) is 9.69 Å². The Bertz CT molecular complexity index is 99.2. The number of nitrogens with zero attached hydrogens (tertiary/aromatic N) is 1. The summed E-state index contributed by atoms with van der Waals surface area (Å²) in [4.78, 5) is 12.2. The maximum Gasteiger partial charge on any atom is 0.207 e. The number of rotatable bonds is 3. The Morgan fingerprint density at radius 2 is 2.44 bits per heavy atom. The average Bonchev–Trinajstić information content (AvgIpc) is 1.77. The summed E-state index contributed by atoms with van der Waals surface area (Å²) in [6.45, 7) is 5.26. The summed E-state index contributed by atoms with van der Waals surface area (Å²) in [6.07, 6.45) is 0.775. The molecule has 1 fully saturated rings. The number of carbonyl (C=O) groups is 1. The third-order valence-electron chi connectivity index (χ3n) is 1.71. The van der Waals surface area contributed by atoms with E-state index in [2.05, 4.69) is 17.1 Å².